The summed E-state index contributed by atoms with van der Waals surface area (Å²) < 4.78 is 18.9. The van der Waals surface area contributed by atoms with Gasteiger partial charge in [-0.1, -0.05) is 66.7 Å². The molecule has 0 heterocycles. The molecule has 0 unspecified atom stereocenters. The first-order chi connectivity index (χ1) is 18.0. The number of rotatable bonds is 11. The van der Waals surface area contributed by atoms with E-state index in [2.05, 4.69) is 17.4 Å². The molecular weight excluding hydrogens is 485 g/mol. The molecule has 4 aromatic carbocycles. The Kier molecular flexibility index (Phi) is 9.11. The second kappa shape index (κ2) is 12.9. The molecule has 37 heavy (non-hydrogen) atoms. The first-order valence-electron chi connectivity index (χ1n) is 12.0. The van der Waals surface area contributed by atoms with Crippen LogP contribution in [-0.4, -0.2) is 24.8 Å². The average Bonchev–Trinajstić information content (AvgIpc) is 2.93. The fourth-order valence-electron chi connectivity index (χ4n) is 3.94. The van der Waals surface area contributed by atoms with Gasteiger partial charge in [0.05, 0.1) is 13.2 Å². The highest BCUT2D eigenvalue weighted by Crippen LogP contribution is 2.32. The van der Waals surface area contributed by atoms with Crippen LogP contribution in [0.5, 0.6) is 5.75 Å². The molecule has 0 radical (unpaired) electrons. The van der Waals surface area contributed by atoms with Crippen molar-refractivity contribution in [1.29, 1.82) is 0 Å². The number of Topliss-reactive ketones (excluding diaryl/α,β-unsaturated/α-hetero) is 1. The lowest BCUT2D eigenvalue weighted by atomic mass is 9.97. The molecule has 1 atom stereocenters. The predicted octanol–water partition coefficient (Wildman–Crippen LogP) is 6.28. The molecule has 0 aromatic heterocycles. The Morgan fingerprint density at radius 1 is 0.838 bits per heavy atom. The van der Waals surface area contributed by atoms with Gasteiger partial charge < -0.3 is 10.1 Å². The summed E-state index contributed by atoms with van der Waals surface area (Å²) in [5, 5.41) is 2.85. The number of thioether (sulfide) groups is 1. The average molecular weight is 514 g/mol. The van der Waals surface area contributed by atoms with E-state index in [1.54, 1.807) is 18.9 Å². The molecule has 4 aromatic rings. The van der Waals surface area contributed by atoms with E-state index >= 15 is 0 Å². The largest absolute Gasteiger partial charge is 0.496 e. The number of carbonyl (C=O) groups is 2. The molecule has 0 aliphatic heterocycles. The van der Waals surface area contributed by atoms with Crippen LogP contribution in [-0.2, 0) is 23.4 Å². The van der Waals surface area contributed by atoms with E-state index in [-0.39, 0.29) is 12.2 Å². The highest BCUT2D eigenvalue weighted by Gasteiger charge is 2.23. The zero-order valence-corrected chi connectivity index (χ0v) is 21.3. The third-order valence-electron chi connectivity index (χ3n) is 5.93. The fourth-order valence-corrected chi connectivity index (χ4v) is 4.90. The van der Waals surface area contributed by atoms with Crippen molar-refractivity contribution in [3.05, 3.63) is 131 Å². The molecule has 6 heteroatoms. The second-order valence-corrected chi connectivity index (χ2v) is 9.64. The molecule has 0 aliphatic rings. The second-order valence-electron chi connectivity index (χ2n) is 8.63. The Morgan fingerprint density at radius 2 is 1.49 bits per heavy atom. The molecule has 0 aliphatic carbocycles. The topological polar surface area (TPSA) is 55.4 Å². The van der Waals surface area contributed by atoms with E-state index in [0.29, 0.717) is 17.7 Å². The summed E-state index contributed by atoms with van der Waals surface area (Å²) in [5.41, 5.74) is 3.26. The first kappa shape index (κ1) is 26.2. The van der Waals surface area contributed by atoms with Gasteiger partial charge in [-0.15, -0.1) is 11.8 Å². The highest BCUT2D eigenvalue weighted by atomic mass is 32.2. The van der Waals surface area contributed by atoms with E-state index in [9.17, 15) is 14.0 Å². The number of carbonyl (C=O) groups excluding carboxylic acids is 2. The lowest BCUT2D eigenvalue weighted by Crippen LogP contribution is -2.43. The Bertz CT molecular complexity index is 1330. The van der Waals surface area contributed by atoms with Gasteiger partial charge in [0, 0.05) is 22.6 Å². The van der Waals surface area contributed by atoms with Gasteiger partial charge in [-0.3, -0.25) is 9.59 Å². The molecular formula is C31H28FNO3S. The maximum atomic E-state index is 13.4. The minimum atomic E-state index is -0.738. The van der Waals surface area contributed by atoms with Crippen LogP contribution in [0.1, 0.15) is 27.0 Å². The van der Waals surface area contributed by atoms with Crippen molar-refractivity contribution >= 4 is 23.5 Å². The van der Waals surface area contributed by atoms with Gasteiger partial charge >= 0.3 is 0 Å². The third-order valence-corrected chi connectivity index (χ3v) is 7.05. The SMILES string of the molecule is COc1cc(CC(=O)[C@H](Cc2ccccc2)NC(=O)c2ccc(F)cc2)ccc1SCc1ccccc1. The molecule has 188 valence electrons. The molecule has 4 nitrogen and oxygen atoms in total. The number of ketones is 1. The molecule has 0 saturated carbocycles. The first-order valence-corrected chi connectivity index (χ1v) is 13.0. The van der Waals surface area contributed by atoms with Gasteiger partial charge in [-0.05, 0) is 59.5 Å². The van der Waals surface area contributed by atoms with Crippen molar-refractivity contribution in [3.8, 4) is 5.75 Å². The van der Waals surface area contributed by atoms with E-state index in [1.165, 1.54) is 29.8 Å². The van der Waals surface area contributed by atoms with Crippen LogP contribution >= 0.6 is 11.8 Å². The zero-order chi connectivity index (χ0) is 26.0. The van der Waals surface area contributed by atoms with Crippen LogP contribution in [0, 0.1) is 5.82 Å². The van der Waals surface area contributed by atoms with Crippen LogP contribution in [0.15, 0.2) is 108 Å². The Morgan fingerprint density at radius 3 is 2.14 bits per heavy atom. The number of hydrogen-bond acceptors (Lipinski definition) is 4. The van der Waals surface area contributed by atoms with Crippen LogP contribution in [0.3, 0.4) is 0 Å². The van der Waals surface area contributed by atoms with E-state index in [1.807, 2.05) is 66.7 Å². The summed E-state index contributed by atoms with van der Waals surface area (Å²) in [7, 11) is 1.62. The lowest BCUT2D eigenvalue weighted by molar-refractivity contribution is -0.120. The molecule has 1 N–H and O–H groups in total. The summed E-state index contributed by atoms with van der Waals surface area (Å²) in [4.78, 5) is 27.2. The maximum Gasteiger partial charge on any atom is 0.251 e. The number of nitrogens with one attached hydrogen (secondary N) is 1. The molecule has 0 saturated heterocycles. The van der Waals surface area contributed by atoms with Crippen molar-refractivity contribution in [2.24, 2.45) is 0 Å². The standard InChI is InChI=1S/C31H28FNO3S/c1-36-29-20-24(12-17-30(29)37-21-23-10-6-3-7-11-23)19-28(34)27(18-22-8-4-2-5-9-22)33-31(35)25-13-15-26(32)16-14-25/h2-17,20,27H,18-19,21H2,1H3,(H,33,35)/t27-/m0/s1. The van der Waals surface area contributed by atoms with Crippen LogP contribution in [0.2, 0.25) is 0 Å². The highest BCUT2D eigenvalue weighted by molar-refractivity contribution is 7.98. The number of ether oxygens (including phenoxy) is 1. The summed E-state index contributed by atoms with van der Waals surface area (Å²) in [6.07, 6.45) is 0.496. The molecule has 0 spiro atoms. The van der Waals surface area contributed by atoms with Crippen molar-refractivity contribution in [1.82, 2.24) is 5.32 Å². The van der Waals surface area contributed by atoms with Gasteiger partial charge in [-0.2, -0.15) is 0 Å². The van der Waals surface area contributed by atoms with E-state index < -0.39 is 17.8 Å². The van der Waals surface area contributed by atoms with Crippen molar-refractivity contribution in [2.45, 2.75) is 29.5 Å². The normalized spacial score (nSPS) is 11.5. The zero-order valence-electron chi connectivity index (χ0n) is 20.5. The van der Waals surface area contributed by atoms with Crippen LogP contribution in [0.25, 0.3) is 0 Å². The van der Waals surface area contributed by atoms with Crippen molar-refractivity contribution in [2.75, 3.05) is 7.11 Å². The maximum absolute atomic E-state index is 13.4. The van der Waals surface area contributed by atoms with Crippen LogP contribution in [0.4, 0.5) is 4.39 Å². The van der Waals surface area contributed by atoms with Gasteiger partial charge in [0.25, 0.3) is 5.91 Å². The van der Waals surface area contributed by atoms with Gasteiger partial charge in [0.15, 0.2) is 5.78 Å². The number of benzene rings is 4. The molecule has 0 bridgehead atoms. The van der Waals surface area contributed by atoms with Gasteiger partial charge in [0.2, 0.25) is 0 Å². The predicted molar refractivity (Wildman–Crippen MR) is 146 cm³/mol. The number of hydrogen-bond donors (Lipinski definition) is 1. The minimum Gasteiger partial charge on any atom is -0.496 e. The lowest BCUT2D eigenvalue weighted by Gasteiger charge is -2.19. The molecule has 1 amide bonds. The monoisotopic (exact) mass is 513 g/mol. The van der Waals surface area contributed by atoms with Gasteiger partial charge in [0.1, 0.15) is 11.6 Å². The van der Waals surface area contributed by atoms with Crippen LogP contribution < -0.4 is 10.1 Å². The number of amides is 1. The summed E-state index contributed by atoms with van der Waals surface area (Å²) >= 11 is 1.67. The van der Waals surface area contributed by atoms with Gasteiger partial charge in [-0.25, -0.2) is 4.39 Å². The summed E-state index contributed by atoms with van der Waals surface area (Å²) in [5.74, 6) is 0.559. The number of methoxy groups -OCH3 is 1. The minimum absolute atomic E-state index is 0.119. The quantitative estimate of drug-likeness (QED) is 0.240. The molecule has 4 rings (SSSR count). The van der Waals surface area contributed by atoms with Crippen molar-refractivity contribution < 1.29 is 18.7 Å². The fraction of sp³-hybridized carbons (Fsp3) is 0.161. The van der Waals surface area contributed by atoms with Crippen molar-refractivity contribution in [3.63, 3.8) is 0 Å². The number of halogens is 1. The summed E-state index contributed by atoms with van der Waals surface area (Å²) in [6, 6.07) is 30.1. The Hall–Kier alpha value is -3.90. The van der Waals surface area contributed by atoms with E-state index in [0.717, 1.165) is 21.8 Å². The third kappa shape index (κ3) is 7.54. The smallest absolute Gasteiger partial charge is 0.251 e. The summed E-state index contributed by atoms with van der Waals surface area (Å²) in [6.45, 7) is 0. The Balaban J connectivity index is 1.48. The Labute approximate surface area is 220 Å². The van der Waals surface area contributed by atoms with E-state index in [4.69, 9.17) is 4.74 Å². The molecule has 0 fully saturated rings.